The molecule has 18 heavy (non-hydrogen) atoms. The van der Waals surface area contributed by atoms with E-state index < -0.39 is 0 Å². The molecule has 1 aliphatic rings. The van der Waals surface area contributed by atoms with E-state index in [1.165, 1.54) is 0 Å². The maximum atomic E-state index is 12.4. The van der Waals surface area contributed by atoms with Crippen LogP contribution in [-0.4, -0.2) is 53.0 Å². The van der Waals surface area contributed by atoms with Gasteiger partial charge in [-0.3, -0.25) is 9.69 Å². The summed E-state index contributed by atoms with van der Waals surface area (Å²) in [5, 5.41) is 9.74. The van der Waals surface area contributed by atoms with Crippen LogP contribution in [0.4, 0.5) is 0 Å². The molecule has 1 fully saturated rings. The number of phenolic OH excluding ortho intramolecular Hbond substituents is 1. The third kappa shape index (κ3) is 2.34. The van der Waals surface area contributed by atoms with Crippen LogP contribution in [0, 0.1) is 0 Å². The number of aromatic hydroxyl groups is 1. The molecule has 2 unspecified atom stereocenters. The Labute approximate surface area is 108 Å². The molecule has 1 aromatic carbocycles. The molecule has 1 aromatic rings. The number of rotatable bonds is 1. The van der Waals surface area contributed by atoms with Crippen LogP contribution in [0.5, 0.6) is 5.75 Å². The molecule has 0 radical (unpaired) electrons. The van der Waals surface area contributed by atoms with Crippen molar-refractivity contribution in [1.82, 2.24) is 9.80 Å². The first-order chi connectivity index (χ1) is 8.50. The lowest BCUT2D eigenvalue weighted by Gasteiger charge is -2.42. The van der Waals surface area contributed by atoms with Crippen molar-refractivity contribution in [1.29, 1.82) is 0 Å². The second kappa shape index (κ2) is 4.98. The number of carbonyl (C=O) groups excluding carboxylic acids is 1. The van der Waals surface area contributed by atoms with Crippen LogP contribution in [-0.2, 0) is 0 Å². The van der Waals surface area contributed by atoms with Crippen molar-refractivity contribution in [2.24, 2.45) is 0 Å². The van der Waals surface area contributed by atoms with Crippen molar-refractivity contribution >= 4 is 5.91 Å². The van der Waals surface area contributed by atoms with Crippen LogP contribution in [0.3, 0.4) is 0 Å². The SMILES string of the molecule is CC1CN(C(=O)c2ccccc2O)CC(C)N1C. The summed E-state index contributed by atoms with van der Waals surface area (Å²) in [5.41, 5.74) is 0.390. The van der Waals surface area contributed by atoms with Gasteiger partial charge in [0.2, 0.25) is 0 Å². The molecule has 98 valence electrons. The van der Waals surface area contributed by atoms with Gasteiger partial charge in [-0.2, -0.15) is 0 Å². The lowest BCUT2D eigenvalue weighted by atomic mass is 10.1. The first-order valence-corrected chi connectivity index (χ1v) is 6.30. The van der Waals surface area contributed by atoms with E-state index in [4.69, 9.17) is 0 Å². The van der Waals surface area contributed by atoms with Crippen LogP contribution < -0.4 is 0 Å². The zero-order chi connectivity index (χ0) is 13.3. The fourth-order valence-electron chi connectivity index (χ4n) is 2.40. The van der Waals surface area contributed by atoms with Crippen LogP contribution in [0.25, 0.3) is 0 Å². The van der Waals surface area contributed by atoms with Crippen molar-refractivity contribution in [3.05, 3.63) is 29.8 Å². The second-order valence-electron chi connectivity index (χ2n) is 5.09. The van der Waals surface area contributed by atoms with E-state index in [-0.39, 0.29) is 11.7 Å². The Bertz CT molecular complexity index is 435. The fraction of sp³-hybridized carbons (Fsp3) is 0.500. The number of hydrogen-bond donors (Lipinski definition) is 1. The number of piperazine rings is 1. The van der Waals surface area contributed by atoms with E-state index >= 15 is 0 Å². The highest BCUT2D eigenvalue weighted by Crippen LogP contribution is 2.21. The maximum Gasteiger partial charge on any atom is 0.257 e. The van der Waals surface area contributed by atoms with Gasteiger partial charge in [-0.1, -0.05) is 12.1 Å². The monoisotopic (exact) mass is 248 g/mol. The molecule has 4 nitrogen and oxygen atoms in total. The Morgan fingerprint density at radius 3 is 2.33 bits per heavy atom. The Balaban J connectivity index is 2.18. The summed E-state index contributed by atoms with van der Waals surface area (Å²) in [7, 11) is 2.08. The third-order valence-electron chi connectivity index (χ3n) is 3.78. The summed E-state index contributed by atoms with van der Waals surface area (Å²) in [5.74, 6) is -0.0263. The molecule has 0 aromatic heterocycles. The summed E-state index contributed by atoms with van der Waals surface area (Å²) < 4.78 is 0. The average Bonchev–Trinajstić information content (AvgIpc) is 2.35. The van der Waals surface area contributed by atoms with E-state index in [1.54, 1.807) is 24.3 Å². The van der Waals surface area contributed by atoms with Crippen LogP contribution in [0.15, 0.2) is 24.3 Å². The predicted octanol–water partition coefficient (Wildman–Crippen LogP) is 1.56. The molecule has 0 bridgehead atoms. The summed E-state index contributed by atoms with van der Waals surface area (Å²) in [6, 6.07) is 7.39. The summed E-state index contributed by atoms with van der Waals surface area (Å²) >= 11 is 0. The van der Waals surface area contributed by atoms with Gasteiger partial charge in [0.05, 0.1) is 5.56 Å². The quantitative estimate of drug-likeness (QED) is 0.820. The minimum absolute atomic E-state index is 0.0572. The second-order valence-corrected chi connectivity index (χ2v) is 5.09. The molecule has 1 amide bonds. The smallest absolute Gasteiger partial charge is 0.257 e. The molecule has 4 heteroatoms. The maximum absolute atomic E-state index is 12.4. The van der Waals surface area contributed by atoms with Gasteiger partial charge < -0.3 is 10.0 Å². The number of amides is 1. The molecular weight excluding hydrogens is 228 g/mol. The third-order valence-corrected chi connectivity index (χ3v) is 3.78. The molecule has 0 saturated carbocycles. The van der Waals surface area contributed by atoms with Gasteiger partial charge in [0, 0.05) is 25.2 Å². The van der Waals surface area contributed by atoms with Crippen molar-refractivity contribution in [2.75, 3.05) is 20.1 Å². The summed E-state index contributed by atoms with van der Waals surface area (Å²) in [6.45, 7) is 5.63. The number of phenols is 1. The summed E-state index contributed by atoms with van der Waals surface area (Å²) in [6.07, 6.45) is 0. The van der Waals surface area contributed by atoms with Gasteiger partial charge in [0.25, 0.3) is 5.91 Å². The van der Waals surface area contributed by atoms with E-state index in [9.17, 15) is 9.90 Å². The summed E-state index contributed by atoms with van der Waals surface area (Å²) in [4.78, 5) is 16.5. The van der Waals surface area contributed by atoms with Gasteiger partial charge in [0.1, 0.15) is 5.75 Å². The Morgan fingerprint density at radius 2 is 1.78 bits per heavy atom. The van der Waals surface area contributed by atoms with Crippen molar-refractivity contribution < 1.29 is 9.90 Å². The first-order valence-electron chi connectivity index (χ1n) is 6.30. The molecule has 0 spiro atoms. The van der Waals surface area contributed by atoms with E-state index in [0.29, 0.717) is 30.7 Å². The number of hydrogen-bond acceptors (Lipinski definition) is 3. The van der Waals surface area contributed by atoms with Gasteiger partial charge in [-0.15, -0.1) is 0 Å². The zero-order valence-corrected chi connectivity index (χ0v) is 11.1. The Morgan fingerprint density at radius 1 is 1.22 bits per heavy atom. The molecule has 0 aliphatic carbocycles. The van der Waals surface area contributed by atoms with Crippen molar-refractivity contribution in [2.45, 2.75) is 25.9 Å². The Kier molecular flexibility index (Phi) is 3.57. The predicted molar refractivity (Wildman–Crippen MR) is 70.7 cm³/mol. The number of para-hydroxylation sites is 1. The molecule has 1 saturated heterocycles. The van der Waals surface area contributed by atoms with Crippen LogP contribution in [0.2, 0.25) is 0 Å². The number of benzene rings is 1. The van der Waals surface area contributed by atoms with Crippen molar-refractivity contribution in [3.63, 3.8) is 0 Å². The van der Waals surface area contributed by atoms with Gasteiger partial charge in [-0.25, -0.2) is 0 Å². The molecule has 1 N–H and O–H groups in total. The largest absolute Gasteiger partial charge is 0.507 e. The molecule has 2 rings (SSSR count). The average molecular weight is 248 g/mol. The van der Waals surface area contributed by atoms with Gasteiger partial charge in [0.15, 0.2) is 0 Å². The number of carbonyl (C=O) groups is 1. The van der Waals surface area contributed by atoms with E-state index in [2.05, 4.69) is 25.8 Å². The zero-order valence-electron chi connectivity index (χ0n) is 11.1. The minimum Gasteiger partial charge on any atom is -0.507 e. The molecular formula is C14H20N2O2. The first kappa shape index (κ1) is 12.9. The van der Waals surface area contributed by atoms with Gasteiger partial charge >= 0.3 is 0 Å². The lowest BCUT2D eigenvalue weighted by molar-refractivity contribution is 0.0412. The standard InChI is InChI=1S/C14H20N2O2/c1-10-8-16(9-11(2)15(10)3)14(18)12-6-4-5-7-13(12)17/h4-7,10-11,17H,8-9H2,1-3H3. The molecule has 1 heterocycles. The van der Waals surface area contributed by atoms with Gasteiger partial charge in [-0.05, 0) is 33.0 Å². The number of nitrogens with zero attached hydrogens (tertiary/aromatic N) is 2. The lowest BCUT2D eigenvalue weighted by Crippen LogP contribution is -2.56. The fourth-order valence-corrected chi connectivity index (χ4v) is 2.40. The van der Waals surface area contributed by atoms with Crippen molar-refractivity contribution in [3.8, 4) is 5.75 Å². The molecule has 1 aliphatic heterocycles. The highest BCUT2D eigenvalue weighted by molar-refractivity contribution is 5.96. The van der Waals surface area contributed by atoms with Crippen LogP contribution in [0.1, 0.15) is 24.2 Å². The Hall–Kier alpha value is -1.55. The number of likely N-dealkylation sites (N-methyl/N-ethyl adjacent to an activating group) is 1. The van der Waals surface area contributed by atoms with Crippen LogP contribution >= 0.6 is 0 Å². The van der Waals surface area contributed by atoms with E-state index in [0.717, 1.165) is 0 Å². The van der Waals surface area contributed by atoms with E-state index in [1.807, 2.05) is 4.90 Å². The topological polar surface area (TPSA) is 43.8 Å². The highest BCUT2D eigenvalue weighted by atomic mass is 16.3. The highest BCUT2D eigenvalue weighted by Gasteiger charge is 2.30. The normalized spacial score (nSPS) is 25.2. The minimum atomic E-state index is -0.0834. The molecule has 2 atom stereocenters.